The molecule has 1 amide bonds. The molecule has 1 saturated carbocycles. The Hall–Kier alpha value is -1.52. The van der Waals surface area contributed by atoms with E-state index in [2.05, 4.69) is 10.4 Å². The largest absolute Gasteiger partial charge is 0.349 e. The van der Waals surface area contributed by atoms with E-state index in [1.807, 2.05) is 43.5 Å². The van der Waals surface area contributed by atoms with Gasteiger partial charge in [-0.25, -0.2) is 4.68 Å². The van der Waals surface area contributed by atoms with Crippen LogP contribution < -0.4 is 5.32 Å². The fourth-order valence-corrected chi connectivity index (χ4v) is 2.76. The van der Waals surface area contributed by atoms with E-state index in [0.717, 1.165) is 11.3 Å². The highest BCUT2D eigenvalue weighted by atomic mass is 35.5. The normalized spacial score (nSPS) is 20.8. The fourth-order valence-electron chi connectivity index (χ4n) is 2.25. The molecule has 0 bridgehead atoms. The first kappa shape index (κ1) is 14.4. The number of nitrogens with zero attached hydrogens (tertiary/aromatic N) is 2. The maximum atomic E-state index is 12.0. The van der Waals surface area contributed by atoms with Gasteiger partial charge in [0, 0.05) is 12.4 Å². The summed E-state index contributed by atoms with van der Waals surface area (Å²) in [6, 6.07) is 9.64. The number of rotatable bonds is 4. The Kier molecular flexibility index (Phi) is 3.68. The maximum Gasteiger partial charge on any atom is 0.226 e. The molecule has 1 N–H and O–H groups in total. The molecule has 1 fully saturated rings. The standard InChI is InChI=1S/C15H15Cl2N3O/c1-10(19-14(21)13-9-15(13,16)17)11-4-2-5-12(8-11)20-7-3-6-18-20/h2-8,10,13H,9H2,1H3,(H,19,21). The highest BCUT2D eigenvalue weighted by Crippen LogP contribution is 2.53. The summed E-state index contributed by atoms with van der Waals surface area (Å²) in [5.41, 5.74) is 1.96. The van der Waals surface area contributed by atoms with Crippen LogP contribution in [0, 0.1) is 5.92 Å². The summed E-state index contributed by atoms with van der Waals surface area (Å²) in [6.07, 6.45) is 4.12. The lowest BCUT2D eigenvalue weighted by Gasteiger charge is -2.15. The van der Waals surface area contributed by atoms with Crippen LogP contribution in [0.5, 0.6) is 0 Å². The lowest BCUT2D eigenvalue weighted by molar-refractivity contribution is -0.123. The summed E-state index contributed by atoms with van der Waals surface area (Å²) in [5.74, 6) is -0.408. The number of carbonyl (C=O) groups is 1. The van der Waals surface area contributed by atoms with E-state index in [-0.39, 0.29) is 17.9 Å². The van der Waals surface area contributed by atoms with Gasteiger partial charge in [0.2, 0.25) is 5.91 Å². The molecule has 0 radical (unpaired) electrons. The van der Waals surface area contributed by atoms with Crippen LogP contribution in [-0.2, 0) is 4.79 Å². The van der Waals surface area contributed by atoms with Gasteiger partial charge in [0.05, 0.1) is 17.6 Å². The van der Waals surface area contributed by atoms with Gasteiger partial charge in [-0.1, -0.05) is 12.1 Å². The summed E-state index contributed by atoms with van der Waals surface area (Å²) >= 11 is 11.8. The van der Waals surface area contributed by atoms with Crippen molar-refractivity contribution in [3.63, 3.8) is 0 Å². The number of alkyl halides is 2. The number of nitrogens with one attached hydrogen (secondary N) is 1. The Bertz CT molecular complexity index is 655. The van der Waals surface area contributed by atoms with E-state index in [4.69, 9.17) is 23.2 Å². The van der Waals surface area contributed by atoms with E-state index in [0.29, 0.717) is 6.42 Å². The van der Waals surface area contributed by atoms with Crippen LogP contribution in [0.3, 0.4) is 0 Å². The number of benzene rings is 1. The average molecular weight is 324 g/mol. The van der Waals surface area contributed by atoms with Gasteiger partial charge < -0.3 is 5.32 Å². The van der Waals surface area contributed by atoms with Gasteiger partial charge >= 0.3 is 0 Å². The topological polar surface area (TPSA) is 46.9 Å². The lowest BCUT2D eigenvalue weighted by atomic mass is 10.1. The Morgan fingerprint density at radius 1 is 1.48 bits per heavy atom. The number of carbonyl (C=O) groups excluding carboxylic acids is 1. The average Bonchev–Trinajstić information content (AvgIpc) is 2.90. The minimum atomic E-state index is -0.888. The van der Waals surface area contributed by atoms with E-state index < -0.39 is 4.33 Å². The molecule has 110 valence electrons. The van der Waals surface area contributed by atoms with Crippen molar-refractivity contribution in [2.75, 3.05) is 0 Å². The molecule has 1 aliphatic carbocycles. The van der Waals surface area contributed by atoms with Crippen molar-refractivity contribution in [3.05, 3.63) is 48.3 Å². The van der Waals surface area contributed by atoms with E-state index >= 15 is 0 Å². The van der Waals surface area contributed by atoms with E-state index in [1.165, 1.54) is 0 Å². The van der Waals surface area contributed by atoms with Gasteiger partial charge in [-0.15, -0.1) is 23.2 Å². The number of halogens is 2. The fraction of sp³-hybridized carbons (Fsp3) is 0.333. The third-order valence-electron chi connectivity index (χ3n) is 3.64. The number of aromatic nitrogens is 2. The number of hydrogen-bond donors (Lipinski definition) is 1. The molecule has 1 aromatic heterocycles. The van der Waals surface area contributed by atoms with Crippen LogP contribution in [0.1, 0.15) is 24.9 Å². The van der Waals surface area contributed by atoms with Crippen LogP contribution >= 0.6 is 23.2 Å². The highest BCUT2D eigenvalue weighted by molar-refractivity contribution is 6.52. The van der Waals surface area contributed by atoms with Crippen molar-refractivity contribution in [3.8, 4) is 5.69 Å². The second kappa shape index (κ2) is 5.35. The van der Waals surface area contributed by atoms with Crippen LogP contribution in [0.15, 0.2) is 42.7 Å². The summed E-state index contributed by atoms with van der Waals surface area (Å²) in [6.45, 7) is 1.94. The molecule has 21 heavy (non-hydrogen) atoms. The van der Waals surface area contributed by atoms with Crippen LogP contribution in [0.25, 0.3) is 5.69 Å². The van der Waals surface area contributed by atoms with Crippen LogP contribution in [0.4, 0.5) is 0 Å². The molecule has 3 rings (SSSR count). The summed E-state index contributed by atoms with van der Waals surface area (Å²) < 4.78 is 0.891. The van der Waals surface area contributed by atoms with Crippen molar-refractivity contribution in [1.29, 1.82) is 0 Å². The van der Waals surface area contributed by atoms with Gasteiger partial charge in [0.1, 0.15) is 4.33 Å². The summed E-state index contributed by atoms with van der Waals surface area (Å²) in [4.78, 5) is 12.0. The molecule has 0 spiro atoms. The zero-order valence-corrected chi connectivity index (χ0v) is 13.0. The van der Waals surface area contributed by atoms with Crippen LogP contribution in [-0.4, -0.2) is 20.0 Å². The van der Waals surface area contributed by atoms with Gasteiger partial charge in [-0.05, 0) is 37.1 Å². The molecule has 2 unspecified atom stereocenters. The number of hydrogen-bond acceptors (Lipinski definition) is 2. The number of amides is 1. The van der Waals surface area contributed by atoms with Crippen LogP contribution in [0.2, 0.25) is 0 Å². The molecule has 1 aromatic carbocycles. The van der Waals surface area contributed by atoms with Gasteiger partial charge in [-0.2, -0.15) is 5.10 Å². The third-order valence-corrected chi connectivity index (χ3v) is 4.48. The maximum absolute atomic E-state index is 12.0. The molecule has 4 nitrogen and oxygen atoms in total. The van der Waals surface area contributed by atoms with Gasteiger partial charge in [-0.3, -0.25) is 4.79 Å². The monoisotopic (exact) mass is 323 g/mol. The Morgan fingerprint density at radius 2 is 2.24 bits per heavy atom. The van der Waals surface area contributed by atoms with E-state index in [1.54, 1.807) is 10.9 Å². The molecule has 1 heterocycles. The summed E-state index contributed by atoms with van der Waals surface area (Å²) in [7, 11) is 0. The minimum Gasteiger partial charge on any atom is -0.349 e. The molecule has 2 aromatic rings. The zero-order chi connectivity index (χ0) is 15.0. The predicted molar refractivity (Wildman–Crippen MR) is 82.7 cm³/mol. The first-order valence-corrected chi connectivity index (χ1v) is 7.51. The lowest BCUT2D eigenvalue weighted by Crippen LogP contribution is -2.29. The van der Waals surface area contributed by atoms with Crippen molar-refractivity contribution in [2.45, 2.75) is 23.7 Å². The smallest absolute Gasteiger partial charge is 0.226 e. The summed E-state index contributed by atoms with van der Waals surface area (Å²) in [5, 5.41) is 7.15. The molecule has 6 heteroatoms. The Balaban J connectivity index is 1.72. The van der Waals surface area contributed by atoms with Gasteiger partial charge in [0.15, 0.2) is 0 Å². The quantitative estimate of drug-likeness (QED) is 0.878. The zero-order valence-electron chi connectivity index (χ0n) is 11.5. The molecular formula is C15H15Cl2N3O. The molecule has 2 atom stereocenters. The second-order valence-electron chi connectivity index (χ2n) is 5.29. The Labute approximate surface area is 133 Å². The minimum absolute atomic E-state index is 0.100. The van der Waals surface area contributed by atoms with E-state index in [9.17, 15) is 4.79 Å². The van der Waals surface area contributed by atoms with Crippen molar-refractivity contribution in [1.82, 2.24) is 15.1 Å². The second-order valence-corrected chi connectivity index (χ2v) is 6.84. The van der Waals surface area contributed by atoms with Crippen molar-refractivity contribution >= 4 is 29.1 Å². The first-order chi connectivity index (χ1) is 9.97. The van der Waals surface area contributed by atoms with Crippen molar-refractivity contribution < 1.29 is 4.79 Å². The molecule has 1 aliphatic rings. The third kappa shape index (κ3) is 3.06. The Morgan fingerprint density at radius 3 is 2.86 bits per heavy atom. The predicted octanol–water partition coefficient (Wildman–Crippen LogP) is 3.24. The van der Waals surface area contributed by atoms with Gasteiger partial charge in [0.25, 0.3) is 0 Å². The molecular weight excluding hydrogens is 309 g/mol. The van der Waals surface area contributed by atoms with Crippen molar-refractivity contribution in [2.24, 2.45) is 5.92 Å². The first-order valence-electron chi connectivity index (χ1n) is 6.75. The molecule has 0 aliphatic heterocycles. The SMILES string of the molecule is CC(NC(=O)C1CC1(Cl)Cl)c1cccc(-n2cccn2)c1. The highest BCUT2D eigenvalue weighted by Gasteiger charge is 2.56. The molecule has 0 saturated heterocycles.